The number of hydrogen-bond donors (Lipinski definition) is 0. The minimum atomic E-state index is -4.76. The number of hydrogen-bond acceptors (Lipinski definition) is 32. The predicted molar refractivity (Wildman–Crippen MR) is 495 cm³/mol. The summed E-state index contributed by atoms with van der Waals surface area (Å²) < 4.78 is 245. The molecule has 0 unspecified atom stereocenters. The average molecular weight is 2040 g/mol. The fraction of sp³-hybridized carbons (Fsp3) is 0.141. The van der Waals surface area contributed by atoms with Crippen molar-refractivity contribution in [1.29, 1.82) is 0 Å². The van der Waals surface area contributed by atoms with E-state index in [1.165, 1.54) is 115 Å². The summed E-state index contributed by atoms with van der Waals surface area (Å²) in [6.45, 7) is 2.01. The summed E-state index contributed by atoms with van der Waals surface area (Å²) in [6, 6.07) is 46.2. The molecular weight excluding hydrogens is 1970 g/mol. The van der Waals surface area contributed by atoms with Gasteiger partial charge in [-0.15, -0.1) is 26.3 Å². The zero-order valence-corrected chi connectivity index (χ0v) is 77.2. The summed E-state index contributed by atoms with van der Waals surface area (Å²) in [5.41, 5.74) is 6.66. The van der Waals surface area contributed by atoms with Crippen LogP contribution >= 0.6 is 23.2 Å². The smallest absolute Gasteiger partial charge is 0.496 e. The topological polar surface area (TPSA) is 370 Å². The van der Waals surface area contributed by atoms with Gasteiger partial charge in [0.25, 0.3) is 29.4 Å². The lowest BCUT2D eigenvalue weighted by molar-refractivity contribution is -0.275. The van der Waals surface area contributed by atoms with Crippen LogP contribution in [0.15, 0.2) is 273 Å². The third kappa shape index (κ3) is 24.8. The van der Waals surface area contributed by atoms with E-state index < -0.39 is 41.9 Å². The molecule has 0 N–H and O–H groups in total. The third-order valence-corrected chi connectivity index (χ3v) is 21.3. The van der Waals surface area contributed by atoms with E-state index in [1.807, 2.05) is 0 Å². The first kappa shape index (κ1) is 100. The van der Waals surface area contributed by atoms with Crippen LogP contribution in [-0.4, -0.2) is 124 Å². The Balaban J connectivity index is 0.000000130. The molecule has 20 rings (SSSR count). The molecule has 0 aliphatic heterocycles. The second-order valence-corrected chi connectivity index (χ2v) is 30.8. The predicted octanol–water partition coefficient (Wildman–Crippen LogP) is 24.2. The summed E-state index contributed by atoms with van der Waals surface area (Å²) in [6.07, 6.45) is 1.87. The largest absolute Gasteiger partial charge is 0.573 e. The van der Waals surface area contributed by atoms with Gasteiger partial charge in [0.2, 0.25) is 0 Å². The van der Waals surface area contributed by atoms with Crippen molar-refractivity contribution < 1.29 is 132 Å². The molecule has 0 aliphatic rings. The van der Waals surface area contributed by atoms with Gasteiger partial charge < -0.3 is 79.5 Å². The van der Waals surface area contributed by atoms with Gasteiger partial charge in [0.1, 0.15) is 90.7 Å². The van der Waals surface area contributed by atoms with E-state index in [4.69, 9.17) is 93.2 Å². The van der Waals surface area contributed by atoms with Gasteiger partial charge in [-0.25, -0.2) is 63.0 Å². The molecule has 0 radical (unpaired) electrons. The maximum atomic E-state index is 14.5. The Morgan fingerprint density at radius 2 is 0.579 bits per heavy atom. The Bertz CT molecular complexity index is 7710. The molecule has 10 aromatic carbocycles. The number of benzene rings is 10. The summed E-state index contributed by atoms with van der Waals surface area (Å²) in [5.74, 6) is 3.11. The van der Waals surface area contributed by atoms with E-state index in [1.54, 1.807) is 159 Å². The van der Waals surface area contributed by atoms with Crippen molar-refractivity contribution in [2.75, 3.05) is 35.5 Å². The van der Waals surface area contributed by atoms with Crippen LogP contribution in [-0.2, 0) is 39.2 Å². The Morgan fingerprint density at radius 3 is 0.890 bits per heavy atom. The lowest BCUT2D eigenvalue weighted by atomic mass is 10.0. The van der Waals surface area contributed by atoms with Crippen molar-refractivity contribution in [3.05, 3.63) is 318 Å². The van der Waals surface area contributed by atoms with Crippen LogP contribution in [0.4, 0.5) is 52.7 Å². The third-order valence-electron chi connectivity index (χ3n) is 20.7. The number of alkyl halides is 9. The number of rotatable bonds is 27. The van der Waals surface area contributed by atoms with Gasteiger partial charge in [-0.2, -0.15) is 13.2 Å². The highest BCUT2D eigenvalue weighted by molar-refractivity contribution is 6.31. The molecule has 0 amide bonds. The molecule has 0 spiro atoms. The van der Waals surface area contributed by atoms with E-state index in [2.05, 4.69) is 85.1 Å². The lowest BCUT2D eigenvalue weighted by Crippen LogP contribution is -2.17. The molecule has 0 saturated carbocycles. The molecule has 0 saturated heterocycles. The Labute approximate surface area is 819 Å². The van der Waals surface area contributed by atoms with Crippen LogP contribution < -0.4 is 56.8 Å². The van der Waals surface area contributed by atoms with Crippen molar-refractivity contribution in [1.82, 2.24) is 75.6 Å². The molecule has 740 valence electrons. The van der Waals surface area contributed by atoms with Crippen molar-refractivity contribution in [3.63, 3.8) is 0 Å². The minimum Gasteiger partial charge on any atom is -0.496 e. The van der Waals surface area contributed by atoms with E-state index >= 15 is 0 Å². The quantitative estimate of drug-likeness (QED) is 0.0431. The second-order valence-electron chi connectivity index (χ2n) is 30.0. The first-order valence-electron chi connectivity index (χ1n) is 42.3. The zero-order valence-electron chi connectivity index (χ0n) is 75.6. The maximum Gasteiger partial charge on any atom is 0.573 e. The second kappa shape index (κ2) is 44.8. The number of fused-ring (bicyclic) bond motifs is 5. The maximum absolute atomic E-state index is 14.5. The number of methoxy groups -OCH3 is 5. The van der Waals surface area contributed by atoms with E-state index in [0.29, 0.717) is 169 Å². The highest BCUT2D eigenvalue weighted by Gasteiger charge is 2.35. The SMILES string of the molecule is COc1cc2onc(OCc3ncccn3)c2cc1-c1ccc(C(F)(F)F)cc1F.COc1cc2onc(OCc3ncccn3)c2cc1-c1ccc(Cl)c(F)c1.COc1cc2onc(OCc3ncccn3)c2cc1-c1ccc(F)c(Cl)c1.COc1cc2onc(OCc3ncccn3)c2cc1-c1ccc(OC(F)(F)F)c(C)c1.COc1cc2onc(OCc3ncccn3)c2cc1-c1ccc(OC(F)(F)F)cc1. The Morgan fingerprint density at radius 1 is 0.276 bits per heavy atom. The molecule has 0 atom stereocenters. The van der Waals surface area contributed by atoms with Crippen LogP contribution in [0.1, 0.15) is 40.2 Å². The molecule has 46 heteroatoms. The standard InChI is InChI=1S/C21H16F3N3O4.C20H13F4N3O3.C20H14F3N3O4.2C19H13ClFN3O3/c1-12-8-13(4-5-16(12)30-21(22,23)24)14-9-15-18(10-17(14)28-2)31-27-20(15)29-11-19-25-6-3-7-26-19;1-28-16-9-17-14(19(27-30-17)29-10-18-25-5-2-6-26-18)8-13(16)12-4-3-11(7-15(12)21)20(22,23)24;1-27-16-10-17-15(19(26-30-17)28-11-18-24-7-2-8-25-18)9-14(16)12-3-5-13(6-4-12)29-20(21,22)23;1-25-16-9-17-13(8-12(16)11-3-4-15(21)14(20)7-11)19(24-27-17)26-10-18-22-5-2-6-23-18;1-25-16-9-17-13(8-12(16)11-3-4-14(20)15(21)7-11)19(24-27-17)26-10-18-22-5-2-6-23-18/h3-10H,11H2,1-2H3;2-9H,10H2,1H3;2-10H,11H2,1H3;2*2-9H,10H2,1H3. The van der Waals surface area contributed by atoms with E-state index in [-0.39, 0.29) is 95.0 Å². The molecule has 0 fully saturated rings. The number of halogens is 14. The summed E-state index contributed by atoms with van der Waals surface area (Å²) in [7, 11) is 7.38. The van der Waals surface area contributed by atoms with Gasteiger partial charge in [-0.1, -0.05) is 59.6 Å². The fourth-order valence-corrected chi connectivity index (χ4v) is 14.3. The van der Waals surface area contributed by atoms with Crippen molar-refractivity contribution in [3.8, 4) is 125 Å². The molecule has 0 aliphatic carbocycles. The molecule has 0 bridgehead atoms. The van der Waals surface area contributed by atoms with Gasteiger partial charge >= 0.3 is 18.9 Å². The normalized spacial score (nSPS) is 11.3. The molecule has 20 aromatic rings. The molecule has 10 heterocycles. The van der Waals surface area contributed by atoms with Gasteiger partial charge in [0.15, 0.2) is 57.0 Å². The fourth-order valence-electron chi connectivity index (χ4n) is 14.0. The van der Waals surface area contributed by atoms with Crippen LogP contribution in [0.25, 0.3) is 110 Å². The van der Waals surface area contributed by atoms with Crippen molar-refractivity contribution >= 4 is 78.0 Å². The highest BCUT2D eigenvalue weighted by Crippen LogP contribution is 2.47. The summed E-state index contributed by atoms with van der Waals surface area (Å²) >= 11 is 11.7. The van der Waals surface area contributed by atoms with Crippen LogP contribution in [0.2, 0.25) is 10.0 Å². The first-order valence-corrected chi connectivity index (χ1v) is 43.0. The van der Waals surface area contributed by atoms with Gasteiger partial charge in [0.05, 0.1) is 78.1 Å². The highest BCUT2D eigenvalue weighted by atomic mass is 35.5. The molecule has 10 aromatic heterocycles. The lowest BCUT2D eigenvalue weighted by Gasteiger charge is -2.14. The number of ether oxygens (including phenoxy) is 12. The van der Waals surface area contributed by atoms with Crippen LogP contribution in [0, 0.1) is 24.4 Å². The summed E-state index contributed by atoms with van der Waals surface area (Å²) in [4.78, 5) is 40.8. The van der Waals surface area contributed by atoms with Gasteiger partial charge in [-0.05, 0) is 182 Å². The van der Waals surface area contributed by atoms with Gasteiger partial charge in [-0.3, -0.25) is 0 Å². The monoisotopic (exact) mass is 2040 g/mol. The van der Waals surface area contributed by atoms with Crippen LogP contribution in [0.3, 0.4) is 0 Å². The van der Waals surface area contributed by atoms with E-state index in [9.17, 15) is 52.7 Å². The zero-order chi connectivity index (χ0) is 102. The minimum absolute atomic E-state index is 0.0124. The average Bonchev–Trinajstić information content (AvgIpc) is 1.57. The van der Waals surface area contributed by atoms with Crippen molar-refractivity contribution in [2.45, 2.75) is 58.9 Å². The molecule has 145 heavy (non-hydrogen) atoms. The number of aromatic nitrogens is 15. The summed E-state index contributed by atoms with van der Waals surface area (Å²) in [5, 5.41) is 22.5. The van der Waals surface area contributed by atoms with Gasteiger partial charge in [0, 0.05) is 126 Å². The Hall–Kier alpha value is -17.7. The van der Waals surface area contributed by atoms with Crippen molar-refractivity contribution in [2.24, 2.45) is 0 Å². The number of nitrogens with zero attached hydrogens (tertiary/aromatic N) is 15. The first-order chi connectivity index (χ1) is 69.9. The molecule has 32 nitrogen and oxygen atoms in total. The Kier molecular flexibility index (Phi) is 31.0. The van der Waals surface area contributed by atoms with Crippen LogP contribution in [0.5, 0.6) is 69.6 Å². The molecular formula is C99H69Cl2F12N15O17. The van der Waals surface area contributed by atoms with E-state index in [0.717, 1.165) is 12.1 Å². The number of aryl methyl sites for hydroxylation is 1.